The summed E-state index contributed by atoms with van der Waals surface area (Å²) in [7, 11) is 0. The van der Waals surface area contributed by atoms with Crippen molar-refractivity contribution in [2.24, 2.45) is 42.1 Å². The highest BCUT2D eigenvalue weighted by Gasteiger charge is 2.38. The van der Waals surface area contributed by atoms with Crippen molar-refractivity contribution in [3.8, 4) is 11.5 Å². The molecular formula is C44H48F6N4O3. The van der Waals surface area contributed by atoms with Gasteiger partial charge < -0.3 is 4.74 Å². The summed E-state index contributed by atoms with van der Waals surface area (Å²) in [4.78, 5) is 26.4. The molecular weight excluding hydrogens is 746 g/mol. The summed E-state index contributed by atoms with van der Waals surface area (Å²) in [5.41, 5.74) is -2.59. The molecule has 0 unspecified atom stereocenters. The summed E-state index contributed by atoms with van der Waals surface area (Å²) in [5.74, 6) is -1.04. The van der Waals surface area contributed by atoms with Crippen LogP contribution in [0, 0.1) is 21.7 Å². The normalized spacial score (nSPS) is 16.5. The van der Waals surface area contributed by atoms with E-state index in [9.17, 15) is 35.9 Å². The molecule has 0 atom stereocenters. The highest BCUT2D eigenvalue weighted by molar-refractivity contribution is 6.12. The van der Waals surface area contributed by atoms with Gasteiger partial charge in [-0.2, -0.15) is 46.8 Å². The number of alkyl halides is 6. The molecule has 0 bridgehead atoms. The third-order valence-corrected chi connectivity index (χ3v) is 8.98. The van der Waals surface area contributed by atoms with Gasteiger partial charge in [-0.05, 0) is 93.5 Å². The van der Waals surface area contributed by atoms with E-state index >= 15 is 0 Å². The minimum absolute atomic E-state index is 0.118. The van der Waals surface area contributed by atoms with Gasteiger partial charge in [0.05, 0.1) is 34.9 Å². The van der Waals surface area contributed by atoms with Crippen molar-refractivity contribution in [2.45, 2.75) is 95.4 Å². The molecule has 7 nitrogen and oxygen atoms in total. The van der Waals surface area contributed by atoms with Gasteiger partial charge in [0.15, 0.2) is 11.6 Å². The second kappa shape index (κ2) is 15.6. The number of rotatable bonds is 6. The van der Waals surface area contributed by atoms with Crippen LogP contribution in [-0.4, -0.2) is 11.6 Å². The molecule has 2 aliphatic carbocycles. The number of benzene rings is 2. The van der Waals surface area contributed by atoms with Gasteiger partial charge in [-0.3, -0.25) is 9.59 Å². The second-order valence-corrected chi connectivity index (χ2v) is 18.0. The van der Waals surface area contributed by atoms with E-state index in [1.165, 1.54) is 12.4 Å². The Balaban J connectivity index is 1.66. The number of hydrogen-bond acceptors (Lipinski definition) is 7. The number of allylic oxidation sites excluding steroid dienone is 10. The molecule has 304 valence electrons. The standard InChI is InChI=1S/C44H48F6N4O3/c1-39(2,3)31-17-25(18-32(37(31)55)40(4,5)6)23-51-53-35-15-13-27(21-29(35)43(45,46)47)57-28-14-16-36(30(22-28)44(48,49)50)54-52-24-26-19-33(41(7,8)9)38(56)34(20-26)42(10,11)12/h13-24H,1-12H3. The van der Waals surface area contributed by atoms with Gasteiger partial charge in [0.2, 0.25) is 0 Å². The minimum atomic E-state index is -4.93. The Morgan fingerprint density at radius 2 is 0.754 bits per heavy atom. The Bertz CT molecular complexity index is 1970. The Labute approximate surface area is 329 Å². The monoisotopic (exact) mass is 794 g/mol. The summed E-state index contributed by atoms with van der Waals surface area (Å²) >= 11 is 0. The molecule has 0 radical (unpaired) electrons. The third kappa shape index (κ3) is 11.0. The molecule has 0 saturated heterocycles. The van der Waals surface area contributed by atoms with E-state index in [0.29, 0.717) is 45.6 Å². The Hall–Kier alpha value is -5.20. The first-order valence-corrected chi connectivity index (χ1v) is 18.2. The zero-order valence-corrected chi connectivity index (χ0v) is 34.2. The van der Waals surface area contributed by atoms with Crippen LogP contribution in [-0.2, 0) is 21.9 Å². The molecule has 0 amide bonds. The zero-order chi connectivity index (χ0) is 43.1. The maximum Gasteiger partial charge on any atom is 0.418 e. The van der Waals surface area contributed by atoms with E-state index in [1.54, 1.807) is 24.3 Å². The molecule has 4 rings (SSSR count). The summed E-state index contributed by atoms with van der Waals surface area (Å²) < 4.78 is 90.9. The zero-order valence-electron chi connectivity index (χ0n) is 34.2. The van der Waals surface area contributed by atoms with Crippen molar-refractivity contribution in [2.75, 3.05) is 0 Å². The van der Waals surface area contributed by atoms with E-state index in [0.717, 1.165) is 24.3 Å². The van der Waals surface area contributed by atoms with Crippen LogP contribution < -0.4 is 4.74 Å². The first-order chi connectivity index (χ1) is 25.9. The molecule has 2 aromatic rings. The summed E-state index contributed by atoms with van der Waals surface area (Å²) in [6.07, 6.45) is -0.785. The van der Waals surface area contributed by atoms with Gasteiger partial charge in [-0.25, -0.2) is 0 Å². The maximum absolute atomic E-state index is 14.2. The highest BCUT2D eigenvalue weighted by Crippen LogP contribution is 2.44. The number of azo groups is 2. The van der Waals surface area contributed by atoms with Crippen LogP contribution >= 0.6 is 0 Å². The first kappa shape index (κ1) is 44.5. The van der Waals surface area contributed by atoms with Crippen LogP contribution in [0.3, 0.4) is 0 Å². The lowest BCUT2D eigenvalue weighted by atomic mass is 9.72. The molecule has 2 aliphatic rings. The van der Waals surface area contributed by atoms with Gasteiger partial charge in [-0.15, -0.1) is 0 Å². The molecule has 0 aromatic heterocycles. The van der Waals surface area contributed by atoms with Gasteiger partial charge in [0.25, 0.3) is 0 Å². The number of ketones is 2. The summed E-state index contributed by atoms with van der Waals surface area (Å²) in [5, 5.41) is 15.4. The van der Waals surface area contributed by atoms with Gasteiger partial charge >= 0.3 is 12.4 Å². The fourth-order valence-electron chi connectivity index (χ4n) is 5.92. The average Bonchev–Trinajstić information content (AvgIpc) is 3.04. The number of hydrogen-bond donors (Lipinski definition) is 0. The third-order valence-electron chi connectivity index (χ3n) is 8.98. The molecule has 2 aromatic carbocycles. The lowest BCUT2D eigenvalue weighted by Crippen LogP contribution is -2.27. The summed E-state index contributed by atoms with van der Waals surface area (Å²) in [6, 6.07) is 5.50. The van der Waals surface area contributed by atoms with Crippen LogP contribution in [0.4, 0.5) is 37.7 Å². The van der Waals surface area contributed by atoms with Crippen molar-refractivity contribution < 1.29 is 40.7 Å². The summed E-state index contributed by atoms with van der Waals surface area (Å²) in [6.45, 7) is 22.6. The van der Waals surface area contributed by atoms with Crippen molar-refractivity contribution in [1.29, 1.82) is 0 Å². The SMILES string of the molecule is CC(C)(C)C1=CC(=CN=Nc2ccc(Oc3ccc(N=NC=C4C=C(C(C)(C)C)C(=O)C(C(C)(C)C)=C4)c(C(F)(F)F)c3)cc2C(F)(F)F)C=C(C(C)(C)C)C1=O. The number of carbonyl (C=O) groups excluding carboxylic acids is 2. The number of ether oxygens (including phenoxy) is 1. The van der Waals surface area contributed by atoms with E-state index < -0.39 is 68.0 Å². The Kier molecular flexibility index (Phi) is 12.2. The van der Waals surface area contributed by atoms with Crippen molar-refractivity contribution in [1.82, 2.24) is 0 Å². The van der Waals surface area contributed by atoms with E-state index in [4.69, 9.17) is 4.74 Å². The number of halogens is 6. The smallest absolute Gasteiger partial charge is 0.418 e. The second-order valence-electron chi connectivity index (χ2n) is 18.0. The molecule has 0 saturated carbocycles. The van der Waals surface area contributed by atoms with E-state index in [-0.39, 0.29) is 11.6 Å². The first-order valence-electron chi connectivity index (χ1n) is 18.2. The van der Waals surface area contributed by atoms with Crippen LogP contribution in [0.1, 0.15) is 94.2 Å². The molecule has 0 fully saturated rings. The van der Waals surface area contributed by atoms with Crippen molar-refractivity contribution >= 4 is 22.9 Å². The maximum atomic E-state index is 14.2. The predicted octanol–water partition coefficient (Wildman–Crippen LogP) is 14.5. The average molecular weight is 795 g/mol. The van der Waals surface area contributed by atoms with Gasteiger partial charge in [0, 0.05) is 22.3 Å². The van der Waals surface area contributed by atoms with E-state index in [2.05, 4.69) is 20.5 Å². The fourth-order valence-corrected chi connectivity index (χ4v) is 5.92. The minimum Gasteiger partial charge on any atom is -0.457 e. The lowest BCUT2D eigenvalue weighted by Gasteiger charge is -2.31. The highest BCUT2D eigenvalue weighted by atomic mass is 19.4. The van der Waals surface area contributed by atoms with Crippen LogP contribution in [0.15, 0.2) is 127 Å². The van der Waals surface area contributed by atoms with Crippen LogP contribution in [0.2, 0.25) is 0 Å². The van der Waals surface area contributed by atoms with Gasteiger partial charge in [0.1, 0.15) is 11.5 Å². The number of carbonyl (C=O) groups is 2. The van der Waals surface area contributed by atoms with E-state index in [1.807, 2.05) is 83.1 Å². The molecule has 13 heteroatoms. The Morgan fingerprint density at radius 1 is 0.474 bits per heavy atom. The molecule has 0 heterocycles. The van der Waals surface area contributed by atoms with Crippen molar-refractivity contribution in [3.05, 3.63) is 118 Å². The number of Topliss-reactive ketones (excluding diaryl/α,β-unsaturated/α-hetero) is 2. The molecule has 57 heavy (non-hydrogen) atoms. The van der Waals surface area contributed by atoms with Crippen molar-refractivity contribution in [3.63, 3.8) is 0 Å². The molecule has 0 aliphatic heterocycles. The Morgan fingerprint density at radius 3 is 1.00 bits per heavy atom. The molecule has 0 N–H and O–H groups in total. The van der Waals surface area contributed by atoms with Crippen LogP contribution in [0.5, 0.6) is 11.5 Å². The largest absolute Gasteiger partial charge is 0.457 e. The lowest BCUT2D eigenvalue weighted by molar-refractivity contribution is -0.137. The number of nitrogens with zero attached hydrogens (tertiary/aromatic N) is 4. The fraction of sp³-hybridized carbons (Fsp3) is 0.409. The topological polar surface area (TPSA) is 92.8 Å². The quantitative estimate of drug-likeness (QED) is 0.215. The van der Waals surface area contributed by atoms with Crippen LogP contribution in [0.25, 0.3) is 0 Å². The van der Waals surface area contributed by atoms with Gasteiger partial charge in [-0.1, -0.05) is 83.1 Å². The molecule has 0 spiro atoms. The predicted molar refractivity (Wildman–Crippen MR) is 208 cm³/mol.